The number of fused-ring (bicyclic) bond motifs is 2. The number of Topliss-reactive ketones (excluding diaryl/α,β-unsaturated/α-hetero) is 1. The summed E-state index contributed by atoms with van der Waals surface area (Å²) in [5.74, 6) is 0.384. The number of hydrogen-bond acceptors (Lipinski definition) is 4. The lowest BCUT2D eigenvalue weighted by molar-refractivity contribution is 0.102. The Morgan fingerprint density at radius 1 is 1.17 bits per heavy atom. The summed E-state index contributed by atoms with van der Waals surface area (Å²) in [7, 11) is 1.95. The second kappa shape index (κ2) is 5.59. The van der Waals surface area contributed by atoms with Gasteiger partial charge in [-0.25, -0.2) is 4.98 Å². The summed E-state index contributed by atoms with van der Waals surface area (Å²) >= 11 is 1.33. The van der Waals surface area contributed by atoms with Crippen molar-refractivity contribution >= 4 is 39.5 Å². The predicted octanol–water partition coefficient (Wildman–Crippen LogP) is 4.29. The Balaban J connectivity index is 1.57. The first-order chi connectivity index (χ1) is 11.2. The number of carbonyl (C=O) groups is 1. The molecule has 5 heteroatoms. The number of ketones is 1. The van der Waals surface area contributed by atoms with E-state index in [1.54, 1.807) is 0 Å². The quantitative estimate of drug-likeness (QED) is 0.415. The van der Waals surface area contributed by atoms with Crippen molar-refractivity contribution in [2.45, 2.75) is 5.22 Å². The van der Waals surface area contributed by atoms with Crippen LogP contribution in [0.15, 0.2) is 64.4 Å². The fourth-order valence-corrected chi connectivity index (χ4v) is 3.40. The summed E-state index contributed by atoms with van der Waals surface area (Å²) in [4.78, 5) is 16.9. The van der Waals surface area contributed by atoms with Crippen molar-refractivity contribution in [2.24, 2.45) is 7.05 Å². The Morgan fingerprint density at radius 3 is 2.83 bits per heavy atom. The number of para-hydroxylation sites is 3. The molecule has 4 aromatic rings. The topological polar surface area (TPSA) is 48.0 Å². The Hall–Kier alpha value is -2.53. The van der Waals surface area contributed by atoms with E-state index >= 15 is 0 Å². The van der Waals surface area contributed by atoms with E-state index in [-0.39, 0.29) is 5.78 Å². The molecule has 0 spiro atoms. The summed E-state index contributed by atoms with van der Waals surface area (Å²) in [6, 6.07) is 15.5. The van der Waals surface area contributed by atoms with Crippen LogP contribution in [0.4, 0.5) is 0 Å². The van der Waals surface area contributed by atoms with Gasteiger partial charge in [-0.1, -0.05) is 42.1 Å². The average Bonchev–Trinajstić information content (AvgIpc) is 3.14. The highest BCUT2D eigenvalue weighted by molar-refractivity contribution is 7.99. The molecule has 0 amide bonds. The molecule has 2 aromatic heterocycles. The van der Waals surface area contributed by atoms with Crippen molar-refractivity contribution in [2.75, 3.05) is 5.75 Å². The van der Waals surface area contributed by atoms with Crippen LogP contribution in [-0.2, 0) is 7.05 Å². The Kier molecular flexibility index (Phi) is 3.42. The highest BCUT2D eigenvalue weighted by Gasteiger charge is 2.15. The summed E-state index contributed by atoms with van der Waals surface area (Å²) in [5.41, 5.74) is 3.36. The number of aryl methyl sites for hydroxylation is 1. The van der Waals surface area contributed by atoms with E-state index in [1.165, 1.54) is 11.8 Å². The average molecular weight is 322 g/mol. The Bertz CT molecular complexity index is 983. The zero-order valence-electron chi connectivity index (χ0n) is 12.5. The second-order valence-electron chi connectivity index (χ2n) is 5.33. The van der Waals surface area contributed by atoms with Gasteiger partial charge in [0.1, 0.15) is 5.52 Å². The number of oxazole rings is 1. The van der Waals surface area contributed by atoms with Gasteiger partial charge in [-0.3, -0.25) is 4.79 Å². The van der Waals surface area contributed by atoms with Crippen LogP contribution in [0.25, 0.3) is 22.0 Å². The van der Waals surface area contributed by atoms with Crippen LogP contribution in [0.5, 0.6) is 0 Å². The first-order valence-electron chi connectivity index (χ1n) is 7.28. The molecule has 0 fully saturated rings. The highest BCUT2D eigenvalue weighted by Crippen LogP contribution is 2.26. The van der Waals surface area contributed by atoms with Gasteiger partial charge in [-0.2, -0.15) is 0 Å². The lowest BCUT2D eigenvalue weighted by Gasteiger charge is -1.97. The normalized spacial score (nSPS) is 11.3. The van der Waals surface area contributed by atoms with Crippen LogP contribution >= 0.6 is 11.8 Å². The first-order valence-corrected chi connectivity index (χ1v) is 8.26. The maximum Gasteiger partial charge on any atom is 0.257 e. The molecule has 23 heavy (non-hydrogen) atoms. The van der Waals surface area contributed by atoms with Crippen LogP contribution in [0.3, 0.4) is 0 Å². The van der Waals surface area contributed by atoms with E-state index in [1.807, 2.05) is 66.3 Å². The first kappa shape index (κ1) is 14.1. The SMILES string of the molecule is Cn1cc(C(=O)CSc2nc3ccccc3o2)c2ccccc21. The third kappa shape index (κ3) is 2.53. The molecular weight excluding hydrogens is 308 g/mol. The van der Waals surface area contributed by atoms with Crippen LogP contribution in [-0.4, -0.2) is 21.1 Å². The van der Waals surface area contributed by atoms with Gasteiger partial charge in [0.25, 0.3) is 5.22 Å². The molecule has 0 bridgehead atoms. The maximum absolute atomic E-state index is 12.6. The second-order valence-corrected chi connectivity index (χ2v) is 6.26. The van der Waals surface area contributed by atoms with Gasteiger partial charge >= 0.3 is 0 Å². The van der Waals surface area contributed by atoms with E-state index in [0.717, 1.165) is 27.6 Å². The molecule has 114 valence electrons. The monoisotopic (exact) mass is 322 g/mol. The van der Waals surface area contributed by atoms with Crippen molar-refractivity contribution in [1.82, 2.24) is 9.55 Å². The highest BCUT2D eigenvalue weighted by atomic mass is 32.2. The van der Waals surface area contributed by atoms with Gasteiger partial charge in [-0.05, 0) is 18.2 Å². The zero-order chi connectivity index (χ0) is 15.8. The van der Waals surface area contributed by atoms with Crippen molar-refractivity contribution in [1.29, 1.82) is 0 Å². The number of thioether (sulfide) groups is 1. The molecule has 0 aliphatic carbocycles. The molecule has 0 radical (unpaired) electrons. The van der Waals surface area contributed by atoms with E-state index in [9.17, 15) is 4.79 Å². The van der Waals surface area contributed by atoms with Crippen molar-refractivity contribution in [3.8, 4) is 0 Å². The number of rotatable bonds is 4. The molecule has 0 atom stereocenters. The maximum atomic E-state index is 12.6. The van der Waals surface area contributed by atoms with Crippen LogP contribution in [0.2, 0.25) is 0 Å². The van der Waals surface area contributed by atoms with E-state index in [0.29, 0.717) is 11.0 Å². The fourth-order valence-electron chi connectivity index (χ4n) is 2.68. The van der Waals surface area contributed by atoms with Crippen molar-refractivity contribution in [3.63, 3.8) is 0 Å². The Labute approximate surface area is 137 Å². The summed E-state index contributed by atoms with van der Waals surface area (Å²) in [5, 5.41) is 1.51. The van der Waals surface area contributed by atoms with Gasteiger partial charge in [0.15, 0.2) is 11.4 Å². The molecule has 0 saturated carbocycles. The minimum atomic E-state index is 0.0778. The van der Waals surface area contributed by atoms with Crippen LogP contribution in [0, 0.1) is 0 Å². The molecule has 4 nitrogen and oxygen atoms in total. The molecule has 4 rings (SSSR count). The Morgan fingerprint density at radius 2 is 1.96 bits per heavy atom. The summed E-state index contributed by atoms with van der Waals surface area (Å²) in [6.45, 7) is 0. The summed E-state index contributed by atoms with van der Waals surface area (Å²) < 4.78 is 7.62. The van der Waals surface area contributed by atoms with Gasteiger partial charge in [0, 0.05) is 29.7 Å². The molecule has 2 heterocycles. The van der Waals surface area contributed by atoms with E-state index in [4.69, 9.17) is 4.42 Å². The largest absolute Gasteiger partial charge is 0.431 e. The zero-order valence-corrected chi connectivity index (χ0v) is 13.3. The lowest BCUT2D eigenvalue weighted by atomic mass is 10.1. The van der Waals surface area contributed by atoms with Crippen molar-refractivity contribution in [3.05, 3.63) is 60.3 Å². The van der Waals surface area contributed by atoms with E-state index < -0.39 is 0 Å². The third-order valence-corrected chi connectivity index (χ3v) is 4.63. The standard InChI is InChI=1S/C18H14N2O2S/c1-20-10-13(12-6-2-4-8-15(12)20)16(21)11-23-18-19-14-7-3-5-9-17(14)22-18/h2-10H,11H2,1H3. The molecular formula is C18H14N2O2S. The van der Waals surface area contributed by atoms with E-state index in [2.05, 4.69) is 4.98 Å². The fraction of sp³-hybridized carbons (Fsp3) is 0.111. The third-order valence-electron chi connectivity index (χ3n) is 3.80. The molecule has 0 unspecified atom stereocenters. The molecule has 2 aromatic carbocycles. The molecule has 0 saturated heterocycles. The predicted molar refractivity (Wildman–Crippen MR) is 92.0 cm³/mol. The van der Waals surface area contributed by atoms with Gasteiger partial charge in [0.05, 0.1) is 5.75 Å². The van der Waals surface area contributed by atoms with Gasteiger partial charge < -0.3 is 8.98 Å². The smallest absolute Gasteiger partial charge is 0.257 e. The summed E-state index contributed by atoms with van der Waals surface area (Å²) in [6.07, 6.45) is 1.89. The van der Waals surface area contributed by atoms with Crippen LogP contribution < -0.4 is 0 Å². The molecule has 0 N–H and O–H groups in total. The number of aromatic nitrogens is 2. The minimum absolute atomic E-state index is 0.0778. The number of hydrogen-bond donors (Lipinski definition) is 0. The minimum Gasteiger partial charge on any atom is -0.431 e. The van der Waals surface area contributed by atoms with Crippen molar-refractivity contribution < 1.29 is 9.21 Å². The van der Waals surface area contributed by atoms with Gasteiger partial charge in [-0.15, -0.1) is 0 Å². The van der Waals surface area contributed by atoms with Crippen LogP contribution in [0.1, 0.15) is 10.4 Å². The number of nitrogens with zero attached hydrogens (tertiary/aromatic N) is 2. The van der Waals surface area contributed by atoms with Gasteiger partial charge in [0.2, 0.25) is 0 Å². The molecule has 0 aliphatic rings. The lowest BCUT2D eigenvalue weighted by Crippen LogP contribution is -2.01. The number of benzene rings is 2. The number of carbonyl (C=O) groups excluding carboxylic acids is 1. The molecule has 0 aliphatic heterocycles.